The molecule has 30 heavy (non-hydrogen) atoms. The highest BCUT2D eigenvalue weighted by molar-refractivity contribution is 7.20. The van der Waals surface area contributed by atoms with E-state index in [2.05, 4.69) is 17.6 Å². The number of carbonyl (C=O) groups excluding carboxylic acids is 2. The summed E-state index contributed by atoms with van der Waals surface area (Å²) in [5.74, 6) is -0.221. The largest absolute Gasteiger partial charge is 0.459 e. The molecule has 154 valence electrons. The normalized spacial score (nSPS) is 11.0. The average molecular weight is 423 g/mol. The lowest BCUT2D eigenvalue weighted by Gasteiger charge is -2.05. The minimum absolute atomic E-state index is 0.166. The van der Waals surface area contributed by atoms with Crippen LogP contribution in [0.5, 0.6) is 0 Å². The Bertz CT molecular complexity index is 1170. The van der Waals surface area contributed by atoms with Gasteiger partial charge in [0.25, 0.3) is 11.8 Å². The average Bonchev–Trinajstić information content (AvgIpc) is 3.48. The van der Waals surface area contributed by atoms with E-state index in [9.17, 15) is 9.59 Å². The number of aromatic nitrogens is 2. The second-order valence-corrected chi connectivity index (χ2v) is 7.90. The van der Waals surface area contributed by atoms with Crippen LogP contribution in [0.2, 0.25) is 0 Å². The third-order valence-electron chi connectivity index (χ3n) is 4.71. The van der Waals surface area contributed by atoms with Crippen molar-refractivity contribution in [3.63, 3.8) is 0 Å². The number of hydrogen-bond acceptors (Lipinski definition) is 5. The monoisotopic (exact) mass is 422 g/mol. The van der Waals surface area contributed by atoms with Crippen molar-refractivity contribution in [2.45, 2.75) is 20.3 Å². The first-order valence-electron chi connectivity index (χ1n) is 9.75. The molecule has 0 aliphatic rings. The topological polar surface area (TPSA) is 89.2 Å². The van der Waals surface area contributed by atoms with Crippen molar-refractivity contribution in [2.75, 3.05) is 13.1 Å². The Hall–Kier alpha value is -3.39. The van der Waals surface area contributed by atoms with Gasteiger partial charge in [-0.05, 0) is 43.7 Å². The summed E-state index contributed by atoms with van der Waals surface area (Å²) in [5, 5.41) is 11.3. The van der Waals surface area contributed by atoms with Crippen molar-refractivity contribution >= 4 is 33.4 Å². The maximum absolute atomic E-state index is 12.6. The fourth-order valence-electron chi connectivity index (χ4n) is 3.13. The summed E-state index contributed by atoms with van der Waals surface area (Å²) in [6.45, 7) is 4.74. The van der Waals surface area contributed by atoms with Crippen molar-refractivity contribution in [2.24, 2.45) is 0 Å². The first-order valence-corrected chi connectivity index (χ1v) is 10.6. The van der Waals surface area contributed by atoms with Gasteiger partial charge in [0.05, 0.1) is 22.5 Å². The molecule has 3 heterocycles. The molecule has 3 aromatic heterocycles. The molecule has 4 rings (SSSR count). The van der Waals surface area contributed by atoms with E-state index in [4.69, 9.17) is 9.52 Å². The summed E-state index contributed by atoms with van der Waals surface area (Å²) in [6.07, 6.45) is 2.23. The van der Waals surface area contributed by atoms with Crippen molar-refractivity contribution in [3.05, 3.63) is 70.6 Å². The van der Waals surface area contributed by atoms with Gasteiger partial charge in [-0.15, -0.1) is 11.3 Å². The van der Waals surface area contributed by atoms with Gasteiger partial charge < -0.3 is 15.1 Å². The van der Waals surface area contributed by atoms with Crippen molar-refractivity contribution in [1.29, 1.82) is 0 Å². The summed E-state index contributed by atoms with van der Waals surface area (Å²) < 4.78 is 6.94. The molecule has 0 fully saturated rings. The molecular weight excluding hydrogens is 400 g/mol. The van der Waals surface area contributed by atoms with Crippen LogP contribution >= 0.6 is 11.3 Å². The molecule has 0 atom stereocenters. The minimum atomic E-state index is -0.304. The van der Waals surface area contributed by atoms with Crippen LogP contribution in [-0.4, -0.2) is 34.7 Å². The maximum atomic E-state index is 12.6. The van der Waals surface area contributed by atoms with Crippen LogP contribution in [-0.2, 0) is 6.42 Å². The molecule has 2 amide bonds. The number of furan rings is 1. The summed E-state index contributed by atoms with van der Waals surface area (Å²) in [5.41, 5.74) is 3.12. The number of amides is 2. The summed E-state index contributed by atoms with van der Waals surface area (Å²) in [6, 6.07) is 13.3. The van der Waals surface area contributed by atoms with Crippen LogP contribution in [0.4, 0.5) is 0 Å². The van der Waals surface area contributed by atoms with E-state index in [1.807, 2.05) is 41.9 Å². The Balaban J connectivity index is 1.45. The van der Waals surface area contributed by atoms with E-state index >= 15 is 0 Å². The fraction of sp³-hybridized carbons (Fsp3) is 0.227. The van der Waals surface area contributed by atoms with Gasteiger partial charge in [0.15, 0.2) is 5.76 Å². The first kappa shape index (κ1) is 19.9. The van der Waals surface area contributed by atoms with Crippen LogP contribution < -0.4 is 10.6 Å². The van der Waals surface area contributed by atoms with Gasteiger partial charge in [-0.3, -0.25) is 9.59 Å². The molecule has 0 spiro atoms. The number of nitrogens with one attached hydrogen (secondary N) is 2. The molecule has 0 saturated carbocycles. The van der Waals surface area contributed by atoms with E-state index in [0.29, 0.717) is 18.0 Å². The predicted molar refractivity (Wildman–Crippen MR) is 116 cm³/mol. The van der Waals surface area contributed by atoms with Gasteiger partial charge in [-0.25, -0.2) is 4.68 Å². The molecule has 4 aromatic rings. The first-order chi connectivity index (χ1) is 14.6. The molecule has 0 bridgehead atoms. The van der Waals surface area contributed by atoms with E-state index < -0.39 is 0 Å². The predicted octanol–water partition coefficient (Wildman–Crippen LogP) is 3.71. The molecule has 7 nitrogen and oxygen atoms in total. The fourth-order valence-corrected chi connectivity index (χ4v) is 4.20. The van der Waals surface area contributed by atoms with Gasteiger partial charge in [0.1, 0.15) is 4.83 Å². The van der Waals surface area contributed by atoms with Crippen LogP contribution in [0.15, 0.2) is 53.1 Å². The van der Waals surface area contributed by atoms with E-state index in [1.165, 1.54) is 23.2 Å². The zero-order valence-electron chi connectivity index (χ0n) is 16.8. The number of aryl methyl sites for hydroxylation is 2. The lowest BCUT2D eigenvalue weighted by atomic mass is 10.2. The van der Waals surface area contributed by atoms with Crippen molar-refractivity contribution < 1.29 is 14.0 Å². The Morgan fingerprint density at radius 2 is 1.83 bits per heavy atom. The molecular formula is C22H22N4O3S. The molecule has 2 N–H and O–H groups in total. The van der Waals surface area contributed by atoms with Gasteiger partial charge in [-0.2, -0.15) is 5.10 Å². The van der Waals surface area contributed by atoms with E-state index in [0.717, 1.165) is 28.0 Å². The van der Waals surface area contributed by atoms with Gasteiger partial charge in [0.2, 0.25) is 0 Å². The van der Waals surface area contributed by atoms with Gasteiger partial charge in [-0.1, -0.05) is 24.6 Å². The highest BCUT2D eigenvalue weighted by Gasteiger charge is 2.18. The van der Waals surface area contributed by atoms with E-state index in [1.54, 1.807) is 12.1 Å². The SMILES string of the molecule is CCc1nn(-c2ccc(C)cc2)c2sc(C(=O)NCCNC(=O)c3ccco3)cc12. The van der Waals surface area contributed by atoms with Crippen LogP contribution in [0, 0.1) is 6.92 Å². The Morgan fingerprint density at radius 1 is 1.10 bits per heavy atom. The standard InChI is InChI=1S/C22H22N4O3S/c1-3-17-16-13-19(21(28)24-11-10-23-20(27)18-5-4-12-29-18)30-22(16)26(25-17)15-8-6-14(2)7-9-15/h4-9,12-13H,3,10-11H2,1-2H3,(H,23,27)(H,24,28). The Labute approximate surface area is 177 Å². The lowest BCUT2D eigenvalue weighted by Crippen LogP contribution is -2.34. The van der Waals surface area contributed by atoms with Gasteiger partial charge >= 0.3 is 0 Å². The quantitative estimate of drug-likeness (QED) is 0.444. The number of fused-ring (bicyclic) bond motifs is 1. The molecule has 1 aromatic carbocycles. The van der Waals surface area contributed by atoms with Crippen molar-refractivity contribution in [3.8, 4) is 5.69 Å². The van der Waals surface area contributed by atoms with Crippen LogP contribution in [0.1, 0.15) is 38.4 Å². The molecule has 8 heteroatoms. The smallest absolute Gasteiger partial charge is 0.287 e. The maximum Gasteiger partial charge on any atom is 0.287 e. The second-order valence-electron chi connectivity index (χ2n) is 6.87. The van der Waals surface area contributed by atoms with Crippen LogP contribution in [0.3, 0.4) is 0 Å². The third kappa shape index (κ3) is 3.99. The zero-order valence-corrected chi connectivity index (χ0v) is 17.6. The number of benzene rings is 1. The second kappa shape index (κ2) is 8.54. The molecule has 0 radical (unpaired) electrons. The third-order valence-corrected chi connectivity index (χ3v) is 5.82. The minimum Gasteiger partial charge on any atom is -0.459 e. The molecule has 0 aliphatic heterocycles. The number of rotatable bonds is 7. The highest BCUT2D eigenvalue weighted by Crippen LogP contribution is 2.31. The number of hydrogen-bond donors (Lipinski definition) is 2. The number of carbonyl (C=O) groups is 2. The molecule has 0 saturated heterocycles. The van der Waals surface area contributed by atoms with Crippen molar-refractivity contribution in [1.82, 2.24) is 20.4 Å². The summed E-state index contributed by atoms with van der Waals surface area (Å²) >= 11 is 1.42. The summed E-state index contributed by atoms with van der Waals surface area (Å²) in [7, 11) is 0. The molecule has 0 aliphatic carbocycles. The zero-order chi connectivity index (χ0) is 21.1. The van der Waals surface area contributed by atoms with Gasteiger partial charge in [0, 0.05) is 18.5 Å². The molecule has 0 unspecified atom stereocenters. The number of nitrogens with zero attached hydrogens (tertiary/aromatic N) is 2. The Kier molecular flexibility index (Phi) is 5.67. The van der Waals surface area contributed by atoms with E-state index in [-0.39, 0.29) is 17.6 Å². The number of thiophene rings is 1. The van der Waals surface area contributed by atoms with Crippen LogP contribution in [0.25, 0.3) is 15.9 Å². The Morgan fingerprint density at radius 3 is 2.50 bits per heavy atom. The highest BCUT2D eigenvalue weighted by atomic mass is 32.1. The summed E-state index contributed by atoms with van der Waals surface area (Å²) in [4.78, 5) is 26.0. The lowest BCUT2D eigenvalue weighted by molar-refractivity contribution is 0.0911.